The minimum atomic E-state index is -0.582. The second kappa shape index (κ2) is 5.62. The zero-order valence-electron chi connectivity index (χ0n) is 11.1. The number of urea groups is 1. The molecule has 0 aromatic heterocycles. The van der Waals surface area contributed by atoms with Gasteiger partial charge in [0.05, 0.1) is 5.69 Å². The maximum atomic E-state index is 11.9. The first-order valence-electron chi connectivity index (χ1n) is 6.06. The van der Waals surface area contributed by atoms with Crippen LogP contribution in [0.4, 0.5) is 10.5 Å². The molecule has 1 fully saturated rings. The molecule has 0 bridgehead atoms. The van der Waals surface area contributed by atoms with Crippen LogP contribution >= 0.6 is 15.9 Å². The van der Waals surface area contributed by atoms with Crippen molar-refractivity contribution in [1.29, 1.82) is 0 Å². The molecule has 4 amide bonds. The van der Waals surface area contributed by atoms with Crippen LogP contribution in [0.3, 0.4) is 0 Å². The minimum Gasteiger partial charge on any atom is -0.326 e. The molecule has 1 aliphatic heterocycles. The van der Waals surface area contributed by atoms with E-state index in [2.05, 4.69) is 26.6 Å². The number of rotatable bonds is 3. The summed E-state index contributed by atoms with van der Waals surface area (Å²) in [4.78, 5) is 36.0. The fraction of sp³-hybridized carbons (Fsp3) is 0.308. The van der Waals surface area contributed by atoms with Crippen molar-refractivity contribution >= 4 is 39.5 Å². The summed E-state index contributed by atoms with van der Waals surface area (Å²) < 4.78 is 0.747. The summed E-state index contributed by atoms with van der Waals surface area (Å²) >= 11 is 3.35. The van der Waals surface area contributed by atoms with Crippen molar-refractivity contribution < 1.29 is 14.4 Å². The fourth-order valence-corrected chi connectivity index (χ4v) is 2.46. The van der Waals surface area contributed by atoms with Crippen LogP contribution in [0.1, 0.15) is 12.5 Å². The minimum absolute atomic E-state index is 0.296. The van der Waals surface area contributed by atoms with Crippen LogP contribution in [0.25, 0.3) is 0 Å². The standard InChI is InChI=1S/C13H14BrN3O3/c1-7-3-4-10(9(14)5-7)16-11(18)6-17-12(19)8(2)15-13(17)20/h3-5,8H,6H2,1-2H3,(H,15,20)(H,16,18). The molecule has 1 heterocycles. The lowest BCUT2D eigenvalue weighted by Crippen LogP contribution is -2.38. The Kier molecular flexibility index (Phi) is 4.08. The number of halogens is 1. The first-order chi connectivity index (χ1) is 9.38. The van der Waals surface area contributed by atoms with E-state index in [-0.39, 0.29) is 6.54 Å². The SMILES string of the molecule is Cc1ccc(NC(=O)CN2C(=O)NC(C)C2=O)c(Br)c1. The van der Waals surface area contributed by atoms with Gasteiger partial charge in [0.2, 0.25) is 5.91 Å². The molecule has 1 unspecified atom stereocenters. The van der Waals surface area contributed by atoms with Crippen molar-refractivity contribution in [3.63, 3.8) is 0 Å². The van der Waals surface area contributed by atoms with Gasteiger partial charge >= 0.3 is 6.03 Å². The highest BCUT2D eigenvalue weighted by molar-refractivity contribution is 9.10. The number of hydrogen-bond acceptors (Lipinski definition) is 3. The third kappa shape index (κ3) is 2.98. The van der Waals surface area contributed by atoms with Gasteiger partial charge in [0.1, 0.15) is 12.6 Å². The molecule has 1 aromatic rings. The van der Waals surface area contributed by atoms with E-state index in [1.807, 2.05) is 19.1 Å². The van der Waals surface area contributed by atoms with Gasteiger partial charge in [0.25, 0.3) is 5.91 Å². The summed E-state index contributed by atoms with van der Waals surface area (Å²) in [7, 11) is 0. The number of anilines is 1. The zero-order chi connectivity index (χ0) is 14.9. The van der Waals surface area contributed by atoms with Gasteiger partial charge in [-0.25, -0.2) is 4.79 Å². The first kappa shape index (κ1) is 14.5. The van der Waals surface area contributed by atoms with Gasteiger partial charge < -0.3 is 10.6 Å². The van der Waals surface area contributed by atoms with E-state index >= 15 is 0 Å². The third-order valence-corrected chi connectivity index (χ3v) is 3.58. The number of nitrogens with zero attached hydrogens (tertiary/aromatic N) is 1. The normalized spacial score (nSPS) is 18.1. The first-order valence-corrected chi connectivity index (χ1v) is 6.85. The number of nitrogens with one attached hydrogen (secondary N) is 2. The summed E-state index contributed by atoms with van der Waals surface area (Å²) in [6.45, 7) is 3.22. The number of amides is 4. The highest BCUT2D eigenvalue weighted by Gasteiger charge is 2.36. The Morgan fingerprint density at radius 1 is 1.45 bits per heavy atom. The quantitative estimate of drug-likeness (QED) is 0.821. The predicted molar refractivity (Wildman–Crippen MR) is 77.2 cm³/mol. The van der Waals surface area contributed by atoms with E-state index in [1.165, 1.54) is 0 Å². The number of carbonyl (C=O) groups excluding carboxylic acids is 3. The lowest BCUT2D eigenvalue weighted by Gasteiger charge is -2.13. The van der Waals surface area contributed by atoms with Gasteiger partial charge in [0.15, 0.2) is 0 Å². The second-order valence-corrected chi connectivity index (χ2v) is 5.48. The molecule has 2 N–H and O–H groups in total. The molecule has 1 aromatic carbocycles. The van der Waals surface area contributed by atoms with Gasteiger partial charge in [-0.15, -0.1) is 0 Å². The number of carbonyl (C=O) groups is 3. The predicted octanol–water partition coefficient (Wildman–Crippen LogP) is 1.64. The number of benzene rings is 1. The van der Waals surface area contributed by atoms with E-state index in [0.717, 1.165) is 14.9 Å². The summed E-state index contributed by atoms with van der Waals surface area (Å²) in [5.74, 6) is -0.819. The lowest BCUT2D eigenvalue weighted by atomic mass is 10.2. The molecule has 0 aliphatic carbocycles. The van der Waals surface area contributed by atoms with Crippen molar-refractivity contribution in [2.24, 2.45) is 0 Å². The summed E-state index contributed by atoms with van der Waals surface area (Å²) in [5.41, 5.74) is 1.65. The van der Waals surface area contributed by atoms with E-state index in [0.29, 0.717) is 5.69 Å². The number of aryl methyl sites for hydroxylation is 1. The molecule has 1 atom stereocenters. The molecule has 6 nitrogen and oxygen atoms in total. The van der Waals surface area contributed by atoms with Gasteiger partial charge in [-0.05, 0) is 47.5 Å². The van der Waals surface area contributed by atoms with Crippen molar-refractivity contribution in [3.05, 3.63) is 28.2 Å². The van der Waals surface area contributed by atoms with E-state index in [9.17, 15) is 14.4 Å². The Morgan fingerprint density at radius 2 is 2.15 bits per heavy atom. The number of hydrogen-bond donors (Lipinski definition) is 2. The molecular formula is C13H14BrN3O3. The Morgan fingerprint density at radius 3 is 2.70 bits per heavy atom. The third-order valence-electron chi connectivity index (χ3n) is 2.92. The highest BCUT2D eigenvalue weighted by atomic mass is 79.9. The van der Waals surface area contributed by atoms with Crippen molar-refractivity contribution in [2.45, 2.75) is 19.9 Å². The Labute approximate surface area is 124 Å². The molecule has 0 saturated carbocycles. The fourth-order valence-electron chi connectivity index (χ4n) is 1.86. The lowest BCUT2D eigenvalue weighted by molar-refractivity contribution is -0.130. The van der Waals surface area contributed by atoms with Crippen molar-refractivity contribution in [2.75, 3.05) is 11.9 Å². The van der Waals surface area contributed by atoms with Crippen molar-refractivity contribution in [3.8, 4) is 0 Å². The van der Waals surface area contributed by atoms with E-state index in [4.69, 9.17) is 0 Å². The molecule has 1 saturated heterocycles. The van der Waals surface area contributed by atoms with Crippen LogP contribution in [0, 0.1) is 6.92 Å². The highest BCUT2D eigenvalue weighted by Crippen LogP contribution is 2.23. The molecular weight excluding hydrogens is 326 g/mol. The second-order valence-electron chi connectivity index (χ2n) is 4.63. The van der Waals surface area contributed by atoms with E-state index < -0.39 is 23.9 Å². The molecule has 0 radical (unpaired) electrons. The average Bonchev–Trinajstić information content (AvgIpc) is 2.60. The number of imide groups is 1. The van der Waals surface area contributed by atoms with Crippen molar-refractivity contribution in [1.82, 2.24) is 10.2 Å². The van der Waals surface area contributed by atoms with Gasteiger partial charge in [-0.3, -0.25) is 14.5 Å². The Balaban J connectivity index is 2.03. The van der Waals surface area contributed by atoms with E-state index in [1.54, 1.807) is 13.0 Å². The molecule has 0 spiro atoms. The van der Waals surface area contributed by atoms with Gasteiger partial charge in [0, 0.05) is 4.47 Å². The monoisotopic (exact) mass is 339 g/mol. The van der Waals surface area contributed by atoms with Crippen LogP contribution in [-0.2, 0) is 9.59 Å². The topological polar surface area (TPSA) is 78.5 Å². The van der Waals surface area contributed by atoms with Crippen LogP contribution in [0.2, 0.25) is 0 Å². The molecule has 20 heavy (non-hydrogen) atoms. The smallest absolute Gasteiger partial charge is 0.325 e. The zero-order valence-corrected chi connectivity index (χ0v) is 12.7. The largest absolute Gasteiger partial charge is 0.326 e. The Bertz CT molecular complexity index is 588. The summed E-state index contributed by atoms with van der Waals surface area (Å²) in [6.07, 6.45) is 0. The molecule has 1 aliphatic rings. The summed E-state index contributed by atoms with van der Waals surface area (Å²) in [6, 6.07) is 4.36. The maximum absolute atomic E-state index is 11.9. The Hall–Kier alpha value is -1.89. The van der Waals surface area contributed by atoms with Crippen LogP contribution in [0.5, 0.6) is 0 Å². The average molecular weight is 340 g/mol. The maximum Gasteiger partial charge on any atom is 0.325 e. The molecule has 106 valence electrons. The van der Waals surface area contributed by atoms with Crippen LogP contribution < -0.4 is 10.6 Å². The van der Waals surface area contributed by atoms with Crippen LogP contribution in [-0.4, -0.2) is 35.3 Å². The molecule has 7 heteroatoms. The van der Waals surface area contributed by atoms with Crippen LogP contribution in [0.15, 0.2) is 22.7 Å². The molecule has 2 rings (SSSR count). The summed E-state index contributed by atoms with van der Waals surface area (Å²) in [5, 5.41) is 5.11. The van der Waals surface area contributed by atoms with Gasteiger partial charge in [-0.2, -0.15) is 0 Å². The van der Waals surface area contributed by atoms with Gasteiger partial charge in [-0.1, -0.05) is 6.07 Å².